The molecule has 0 spiro atoms. The Morgan fingerprint density at radius 1 is 0.900 bits per heavy atom. The third-order valence-electron chi connectivity index (χ3n) is 6.50. The number of nitrogens with zero attached hydrogens (tertiary/aromatic N) is 2. The normalized spacial score (nSPS) is 12.8. The molecular weight excluding hydrogens is 576 g/mol. The zero-order chi connectivity index (χ0) is 29.4. The lowest BCUT2D eigenvalue weighted by Crippen LogP contribution is -2.53. The Morgan fingerprint density at radius 2 is 1.50 bits per heavy atom. The van der Waals surface area contributed by atoms with Crippen LogP contribution in [0, 0.1) is 5.82 Å². The number of halogens is 3. The van der Waals surface area contributed by atoms with Gasteiger partial charge >= 0.3 is 0 Å². The highest BCUT2D eigenvalue weighted by Crippen LogP contribution is 2.29. The molecule has 0 fully saturated rings. The van der Waals surface area contributed by atoms with Crippen LogP contribution in [0.3, 0.4) is 0 Å². The Bertz CT molecular complexity index is 1400. The third-order valence-corrected chi connectivity index (χ3v) is 9.00. The summed E-state index contributed by atoms with van der Waals surface area (Å²) in [6.07, 6.45) is 0.941. The van der Waals surface area contributed by atoms with E-state index in [0.29, 0.717) is 22.0 Å². The first kappa shape index (κ1) is 31.4. The van der Waals surface area contributed by atoms with Crippen LogP contribution in [0.15, 0.2) is 77.7 Å². The minimum atomic E-state index is -4.30. The van der Waals surface area contributed by atoms with Crippen molar-refractivity contribution in [3.8, 4) is 0 Å². The fourth-order valence-corrected chi connectivity index (χ4v) is 6.00. The summed E-state index contributed by atoms with van der Waals surface area (Å²) in [6, 6.07) is 16.3. The van der Waals surface area contributed by atoms with E-state index in [0.717, 1.165) is 28.6 Å². The maximum absolute atomic E-state index is 14.0. The largest absolute Gasteiger partial charge is 0.352 e. The van der Waals surface area contributed by atoms with Gasteiger partial charge in [0.25, 0.3) is 10.0 Å². The molecule has 0 aromatic heterocycles. The van der Waals surface area contributed by atoms with Crippen molar-refractivity contribution >= 4 is 50.7 Å². The summed E-state index contributed by atoms with van der Waals surface area (Å²) in [5, 5.41) is 3.52. The van der Waals surface area contributed by atoms with Gasteiger partial charge in [0.15, 0.2) is 0 Å². The molecule has 0 aliphatic heterocycles. The summed E-state index contributed by atoms with van der Waals surface area (Å²) >= 11 is 12.8. The van der Waals surface area contributed by atoms with Crippen LogP contribution in [0.25, 0.3) is 0 Å². The standard InChI is InChI=1S/C29H32Cl2FN3O4S/c1-4-20(3)33-29(37)27(5-2)34(18-24-25(30)12-9-13-26(24)31)28(36)19-35(22-10-7-6-8-11-22)40(38,39)23-16-14-21(32)15-17-23/h6-17,20,27H,4-5,18-19H2,1-3H3,(H,33,37)/t20-,27+/m1/s1. The predicted octanol–water partition coefficient (Wildman–Crippen LogP) is 6.05. The molecule has 7 nitrogen and oxygen atoms in total. The highest BCUT2D eigenvalue weighted by molar-refractivity contribution is 7.92. The van der Waals surface area contributed by atoms with Crippen LogP contribution < -0.4 is 9.62 Å². The second-order valence-corrected chi connectivity index (χ2v) is 11.9. The van der Waals surface area contributed by atoms with Gasteiger partial charge in [-0.3, -0.25) is 13.9 Å². The van der Waals surface area contributed by atoms with Gasteiger partial charge in [-0.1, -0.05) is 61.3 Å². The lowest BCUT2D eigenvalue weighted by atomic mass is 10.1. The number of anilines is 1. The Hall–Kier alpha value is -3.14. The van der Waals surface area contributed by atoms with Crippen molar-refractivity contribution < 1.29 is 22.4 Å². The fraction of sp³-hybridized carbons (Fsp3) is 0.310. The molecule has 2 atom stereocenters. The molecule has 11 heteroatoms. The van der Waals surface area contributed by atoms with E-state index in [2.05, 4.69) is 5.32 Å². The van der Waals surface area contributed by atoms with E-state index in [9.17, 15) is 22.4 Å². The minimum absolute atomic E-state index is 0.122. The monoisotopic (exact) mass is 607 g/mol. The summed E-state index contributed by atoms with van der Waals surface area (Å²) in [6.45, 7) is 4.80. The Labute approximate surface area is 244 Å². The topological polar surface area (TPSA) is 86.8 Å². The smallest absolute Gasteiger partial charge is 0.264 e. The number of sulfonamides is 1. The number of carbonyl (C=O) groups excluding carboxylic acids is 2. The highest BCUT2D eigenvalue weighted by atomic mass is 35.5. The minimum Gasteiger partial charge on any atom is -0.352 e. The van der Waals surface area contributed by atoms with Crippen molar-refractivity contribution in [3.63, 3.8) is 0 Å². The number of para-hydroxylation sites is 1. The van der Waals surface area contributed by atoms with E-state index >= 15 is 0 Å². The van der Waals surface area contributed by atoms with Gasteiger partial charge in [0.1, 0.15) is 18.4 Å². The number of carbonyl (C=O) groups is 2. The zero-order valence-electron chi connectivity index (χ0n) is 22.5. The van der Waals surface area contributed by atoms with E-state index < -0.39 is 34.3 Å². The number of benzene rings is 3. The number of nitrogens with one attached hydrogen (secondary N) is 1. The molecule has 0 aliphatic carbocycles. The third kappa shape index (κ3) is 7.53. The van der Waals surface area contributed by atoms with E-state index in [1.54, 1.807) is 55.5 Å². The fourth-order valence-electron chi connectivity index (χ4n) is 4.07. The van der Waals surface area contributed by atoms with Gasteiger partial charge in [0.2, 0.25) is 11.8 Å². The highest BCUT2D eigenvalue weighted by Gasteiger charge is 2.34. The van der Waals surface area contributed by atoms with E-state index in [4.69, 9.17) is 23.2 Å². The molecular formula is C29H32Cl2FN3O4S. The summed E-state index contributed by atoms with van der Waals surface area (Å²) in [5.74, 6) is -1.61. The second kappa shape index (κ2) is 14.0. The molecule has 3 rings (SSSR count). The van der Waals surface area contributed by atoms with Crippen LogP contribution in [0.4, 0.5) is 10.1 Å². The first-order valence-corrected chi connectivity index (χ1v) is 15.0. The number of hydrogen-bond donors (Lipinski definition) is 1. The second-order valence-electron chi connectivity index (χ2n) is 9.26. The summed E-state index contributed by atoms with van der Waals surface area (Å²) in [7, 11) is -4.30. The van der Waals surface area contributed by atoms with Crippen LogP contribution in [0.1, 0.15) is 39.2 Å². The van der Waals surface area contributed by atoms with Gasteiger partial charge in [-0.15, -0.1) is 0 Å². The Morgan fingerprint density at radius 3 is 2.05 bits per heavy atom. The van der Waals surface area contributed by atoms with E-state index in [-0.39, 0.29) is 35.5 Å². The molecule has 0 bridgehead atoms. The molecule has 1 N–H and O–H groups in total. The molecule has 0 heterocycles. The van der Waals surface area contributed by atoms with Crippen LogP contribution in [-0.2, 0) is 26.2 Å². The van der Waals surface area contributed by atoms with Crippen molar-refractivity contribution in [2.75, 3.05) is 10.8 Å². The lowest BCUT2D eigenvalue weighted by molar-refractivity contribution is -0.140. The van der Waals surface area contributed by atoms with Crippen molar-refractivity contribution in [1.82, 2.24) is 10.2 Å². The van der Waals surface area contributed by atoms with Gasteiger partial charge in [-0.2, -0.15) is 0 Å². The molecule has 2 amide bonds. The van der Waals surface area contributed by atoms with Crippen LogP contribution in [0.5, 0.6) is 0 Å². The van der Waals surface area contributed by atoms with Gasteiger partial charge < -0.3 is 10.2 Å². The first-order valence-electron chi connectivity index (χ1n) is 12.9. The Balaban J connectivity index is 2.07. The van der Waals surface area contributed by atoms with E-state index in [1.807, 2.05) is 13.8 Å². The van der Waals surface area contributed by atoms with Gasteiger partial charge in [-0.05, 0) is 68.3 Å². The maximum Gasteiger partial charge on any atom is 0.264 e. The molecule has 0 saturated heterocycles. The summed E-state index contributed by atoms with van der Waals surface area (Å²) in [4.78, 5) is 28.5. The van der Waals surface area contributed by atoms with Crippen LogP contribution in [-0.4, -0.2) is 43.8 Å². The van der Waals surface area contributed by atoms with Crippen molar-refractivity contribution in [1.29, 1.82) is 0 Å². The van der Waals surface area contributed by atoms with Gasteiger partial charge in [0.05, 0.1) is 10.6 Å². The molecule has 0 aliphatic rings. The molecule has 214 valence electrons. The van der Waals surface area contributed by atoms with Gasteiger partial charge in [0, 0.05) is 28.2 Å². The number of rotatable bonds is 12. The van der Waals surface area contributed by atoms with Crippen LogP contribution >= 0.6 is 23.2 Å². The van der Waals surface area contributed by atoms with E-state index in [1.165, 1.54) is 4.90 Å². The van der Waals surface area contributed by atoms with Crippen LogP contribution in [0.2, 0.25) is 10.0 Å². The van der Waals surface area contributed by atoms with Crippen molar-refractivity contribution in [2.24, 2.45) is 0 Å². The molecule has 3 aromatic rings. The molecule has 40 heavy (non-hydrogen) atoms. The summed E-state index contributed by atoms with van der Waals surface area (Å²) in [5.41, 5.74) is 0.662. The van der Waals surface area contributed by atoms with Gasteiger partial charge in [-0.25, -0.2) is 12.8 Å². The first-order chi connectivity index (χ1) is 19.0. The van der Waals surface area contributed by atoms with Crippen molar-refractivity contribution in [2.45, 2.75) is 57.1 Å². The number of hydrogen-bond acceptors (Lipinski definition) is 4. The molecule has 3 aromatic carbocycles. The quantitative estimate of drug-likeness (QED) is 0.271. The summed E-state index contributed by atoms with van der Waals surface area (Å²) < 4.78 is 42.0. The molecule has 0 unspecified atom stereocenters. The van der Waals surface area contributed by atoms with Crippen molar-refractivity contribution in [3.05, 3.63) is 94.2 Å². The SMILES string of the molecule is CC[C@@H](C)NC(=O)[C@H](CC)N(Cc1c(Cl)cccc1Cl)C(=O)CN(c1ccccc1)S(=O)(=O)c1ccc(F)cc1. The lowest BCUT2D eigenvalue weighted by Gasteiger charge is -2.34. The predicted molar refractivity (Wildman–Crippen MR) is 156 cm³/mol. The average Bonchev–Trinajstić information content (AvgIpc) is 2.93. The molecule has 0 saturated carbocycles. The molecule has 0 radical (unpaired) electrons. The average molecular weight is 609 g/mol. The number of amides is 2. The zero-order valence-corrected chi connectivity index (χ0v) is 24.8. The Kier molecular flexibility index (Phi) is 11.0. The maximum atomic E-state index is 14.0.